The Hall–Kier alpha value is -1.38. The van der Waals surface area contributed by atoms with Crippen LogP contribution in [0, 0.1) is 17.8 Å². The van der Waals surface area contributed by atoms with E-state index in [1.807, 2.05) is 6.07 Å². The van der Waals surface area contributed by atoms with Gasteiger partial charge in [-0.3, -0.25) is 0 Å². The average Bonchev–Trinajstić information content (AvgIpc) is 2.42. The van der Waals surface area contributed by atoms with E-state index in [9.17, 15) is 4.79 Å². The lowest BCUT2D eigenvalue weighted by atomic mass is 9.53. The molecule has 0 aromatic heterocycles. The van der Waals surface area contributed by atoms with Gasteiger partial charge in [0.1, 0.15) is 11.8 Å². The molecule has 0 spiro atoms. The van der Waals surface area contributed by atoms with E-state index in [0.29, 0.717) is 30.2 Å². The van der Waals surface area contributed by atoms with Crippen molar-refractivity contribution in [2.24, 2.45) is 17.8 Å². The Kier molecular flexibility index (Phi) is 2.66. The first kappa shape index (κ1) is 12.4. The molecule has 1 aromatic rings. The van der Waals surface area contributed by atoms with E-state index in [4.69, 9.17) is 4.74 Å². The third-order valence-electron chi connectivity index (χ3n) is 5.38. The standard InChI is InChI=1S/C17H19FO2/c18-17-9-11-6-12(10-17)8-14(7-11)15(17)20-16(19)13-4-2-1-3-5-13/h1-5,11-12,14-15H,6-10H2/t11-,12+,14?,15?,17?. The van der Waals surface area contributed by atoms with Crippen molar-refractivity contribution in [3.8, 4) is 0 Å². The van der Waals surface area contributed by atoms with Gasteiger partial charge in [-0.15, -0.1) is 0 Å². The van der Waals surface area contributed by atoms with Crippen LogP contribution in [0.15, 0.2) is 30.3 Å². The van der Waals surface area contributed by atoms with Gasteiger partial charge in [0.25, 0.3) is 0 Å². The quantitative estimate of drug-likeness (QED) is 0.768. The van der Waals surface area contributed by atoms with Crippen molar-refractivity contribution in [2.45, 2.75) is 43.9 Å². The van der Waals surface area contributed by atoms with Gasteiger partial charge in [0.15, 0.2) is 0 Å². The maximum absolute atomic E-state index is 15.1. The highest BCUT2D eigenvalue weighted by molar-refractivity contribution is 5.89. The molecule has 5 atom stereocenters. The summed E-state index contributed by atoms with van der Waals surface area (Å²) in [4.78, 5) is 12.2. The largest absolute Gasteiger partial charge is 0.455 e. The van der Waals surface area contributed by atoms with Crippen molar-refractivity contribution < 1.29 is 13.9 Å². The van der Waals surface area contributed by atoms with Crippen LogP contribution in [0.4, 0.5) is 4.39 Å². The number of carbonyl (C=O) groups excluding carboxylic acids is 1. The van der Waals surface area contributed by atoms with E-state index in [2.05, 4.69) is 0 Å². The van der Waals surface area contributed by atoms with Crippen LogP contribution < -0.4 is 0 Å². The number of carbonyl (C=O) groups is 1. The lowest BCUT2D eigenvalue weighted by Crippen LogP contribution is -2.59. The van der Waals surface area contributed by atoms with Crippen molar-refractivity contribution in [2.75, 3.05) is 0 Å². The zero-order valence-corrected chi connectivity index (χ0v) is 11.4. The van der Waals surface area contributed by atoms with E-state index >= 15 is 4.39 Å². The molecule has 4 bridgehead atoms. The minimum Gasteiger partial charge on any atom is -0.455 e. The van der Waals surface area contributed by atoms with E-state index < -0.39 is 11.8 Å². The van der Waals surface area contributed by atoms with Gasteiger partial charge in [0.2, 0.25) is 0 Å². The zero-order chi connectivity index (χ0) is 13.7. The van der Waals surface area contributed by atoms with Crippen molar-refractivity contribution in [1.29, 1.82) is 0 Å². The van der Waals surface area contributed by atoms with Gasteiger partial charge in [-0.05, 0) is 62.0 Å². The number of hydrogen-bond acceptors (Lipinski definition) is 2. The Balaban J connectivity index is 1.55. The second-order valence-electron chi connectivity index (χ2n) is 6.83. The number of alkyl halides is 1. The highest BCUT2D eigenvalue weighted by atomic mass is 19.1. The number of hydrogen-bond donors (Lipinski definition) is 0. The Bertz CT molecular complexity index is 513. The predicted octanol–water partition coefficient (Wildman–Crippen LogP) is 3.76. The molecule has 4 saturated carbocycles. The summed E-state index contributed by atoms with van der Waals surface area (Å²) < 4.78 is 20.7. The Morgan fingerprint density at radius 3 is 2.35 bits per heavy atom. The van der Waals surface area contributed by atoms with Crippen molar-refractivity contribution in [3.05, 3.63) is 35.9 Å². The normalized spacial score (nSPS) is 41.6. The number of ether oxygens (including phenoxy) is 1. The minimum atomic E-state index is -1.26. The second kappa shape index (κ2) is 4.31. The highest BCUT2D eigenvalue weighted by Gasteiger charge is 2.59. The summed E-state index contributed by atoms with van der Waals surface area (Å²) >= 11 is 0. The summed E-state index contributed by atoms with van der Waals surface area (Å²) in [6, 6.07) is 8.92. The van der Waals surface area contributed by atoms with Gasteiger partial charge >= 0.3 is 5.97 Å². The summed E-state index contributed by atoms with van der Waals surface area (Å²) in [5, 5.41) is 0. The topological polar surface area (TPSA) is 26.3 Å². The summed E-state index contributed by atoms with van der Waals surface area (Å²) in [6.45, 7) is 0. The molecule has 4 aliphatic carbocycles. The van der Waals surface area contributed by atoms with Crippen molar-refractivity contribution >= 4 is 5.97 Å². The Labute approximate surface area is 118 Å². The van der Waals surface area contributed by atoms with Crippen molar-refractivity contribution in [3.63, 3.8) is 0 Å². The first-order valence-electron chi connectivity index (χ1n) is 7.59. The zero-order valence-electron chi connectivity index (χ0n) is 11.4. The molecule has 0 amide bonds. The maximum atomic E-state index is 15.1. The van der Waals surface area contributed by atoms with E-state index in [-0.39, 0.29) is 11.9 Å². The molecule has 1 aromatic carbocycles. The number of esters is 1. The monoisotopic (exact) mass is 274 g/mol. The molecule has 4 fully saturated rings. The van der Waals surface area contributed by atoms with Gasteiger partial charge in [0, 0.05) is 0 Å². The lowest BCUT2D eigenvalue weighted by Gasteiger charge is -2.56. The Morgan fingerprint density at radius 2 is 1.75 bits per heavy atom. The van der Waals surface area contributed by atoms with Gasteiger partial charge < -0.3 is 4.74 Å². The molecule has 4 aliphatic rings. The van der Waals surface area contributed by atoms with Gasteiger partial charge in [-0.1, -0.05) is 18.2 Å². The van der Waals surface area contributed by atoms with Crippen LogP contribution in [0.1, 0.15) is 42.5 Å². The van der Waals surface area contributed by atoms with Crippen LogP contribution in [-0.4, -0.2) is 17.7 Å². The van der Waals surface area contributed by atoms with Crippen LogP contribution >= 0.6 is 0 Å². The average molecular weight is 274 g/mol. The van der Waals surface area contributed by atoms with E-state index in [0.717, 1.165) is 12.8 Å². The SMILES string of the molecule is O=C(OC1C2C[C@@H]3C[C@H](C2)CC1(F)C3)c1ccccc1. The first-order chi connectivity index (χ1) is 9.64. The number of halogens is 1. The van der Waals surface area contributed by atoms with Crippen LogP contribution in [0.25, 0.3) is 0 Å². The van der Waals surface area contributed by atoms with Crippen LogP contribution in [0.5, 0.6) is 0 Å². The van der Waals surface area contributed by atoms with Crippen molar-refractivity contribution in [1.82, 2.24) is 0 Å². The smallest absolute Gasteiger partial charge is 0.338 e. The molecule has 2 nitrogen and oxygen atoms in total. The molecule has 0 radical (unpaired) electrons. The van der Waals surface area contributed by atoms with E-state index in [1.54, 1.807) is 24.3 Å². The minimum absolute atomic E-state index is 0.235. The molecule has 0 heterocycles. The lowest BCUT2D eigenvalue weighted by molar-refractivity contribution is -0.167. The Morgan fingerprint density at radius 1 is 1.10 bits per heavy atom. The van der Waals surface area contributed by atoms with E-state index in [1.165, 1.54) is 6.42 Å². The molecule has 3 heteroatoms. The molecule has 0 aliphatic heterocycles. The van der Waals surface area contributed by atoms with Crippen LogP contribution in [-0.2, 0) is 4.74 Å². The fraction of sp³-hybridized carbons (Fsp3) is 0.588. The van der Waals surface area contributed by atoms with Gasteiger partial charge in [-0.25, -0.2) is 9.18 Å². The molecule has 5 rings (SSSR count). The summed E-state index contributed by atoms with van der Waals surface area (Å²) in [5.41, 5.74) is -0.746. The van der Waals surface area contributed by atoms with Crippen LogP contribution in [0.2, 0.25) is 0 Å². The molecule has 0 N–H and O–H groups in total. The van der Waals surface area contributed by atoms with Gasteiger partial charge in [-0.2, -0.15) is 0 Å². The third-order valence-corrected chi connectivity index (χ3v) is 5.38. The molecule has 106 valence electrons. The molecular formula is C17H19FO2. The molecule has 3 unspecified atom stereocenters. The number of rotatable bonds is 2. The molecular weight excluding hydrogens is 255 g/mol. The highest BCUT2D eigenvalue weighted by Crippen LogP contribution is 2.58. The number of benzene rings is 1. The third kappa shape index (κ3) is 1.87. The summed E-state index contributed by atoms with van der Waals surface area (Å²) in [6.07, 6.45) is 3.91. The first-order valence-corrected chi connectivity index (χ1v) is 7.59. The van der Waals surface area contributed by atoms with Gasteiger partial charge in [0.05, 0.1) is 5.56 Å². The predicted molar refractivity (Wildman–Crippen MR) is 73.0 cm³/mol. The maximum Gasteiger partial charge on any atom is 0.338 e. The van der Waals surface area contributed by atoms with Crippen LogP contribution in [0.3, 0.4) is 0 Å². The summed E-state index contributed by atoms with van der Waals surface area (Å²) in [7, 11) is 0. The second-order valence-corrected chi connectivity index (χ2v) is 6.83. The molecule has 0 saturated heterocycles. The fourth-order valence-corrected chi connectivity index (χ4v) is 4.85. The fourth-order valence-electron chi connectivity index (χ4n) is 4.85. The molecule has 20 heavy (non-hydrogen) atoms. The summed E-state index contributed by atoms with van der Waals surface area (Å²) in [5.74, 6) is 0.896.